The molecule has 1 atom stereocenters. The van der Waals surface area contributed by atoms with Crippen molar-refractivity contribution in [2.75, 3.05) is 31.6 Å². The van der Waals surface area contributed by atoms with E-state index in [1.54, 1.807) is 28.6 Å². The minimum absolute atomic E-state index is 0.0204. The molecule has 0 amide bonds. The predicted molar refractivity (Wildman–Crippen MR) is 81.5 cm³/mol. The van der Waals surface area contributed by atoms with Crippen LogP contribution >= 0.6 is 0 Å². The molecule has 0 spiro atoms. The van der Waals surface area contributed by atoms with Crippen LogP contribution in [0.3, 0.4) is 0 Å². The van der Waals surface area contributed by atoms with Gasteiger partial charge in [0.05, 0.1) is 18.5 Å². The molecule has 0 aliphatic carbocycles. The number of aliphatic hydroxyl groups is 2. The standard InChI is InChI=1S/C14H22N2O4S/c17-10-14(18)9-15-13-5-3-12(4-6-13)11-21(19,20)16-7-1-2-8-16/h3-6,14-15,17-18H,1-2,7-11H2. The van der Waals surface area contributed by atoms with Gasteiger partial charge in [0.1, 0.15) is 0 Å². The second kappa shape index (κ2) is 7.22. The summed E-state index contributed by atoms with van der Waals surface area (Å²) in [7, 11) is -3.22. The maximum absolute atomic E-state index is 12.2. The Morgan fingerprint density at radius 3 is 2.38 bits per heavy atom. The fourth-order valence-electron chi connectivity index (χ4n) is 2.29. The second-order valence-electron chi connectivity index (χ2n) is 5.28. The number of nitrogens with zero attached hydrogens (tertiary/aromatic N) is 1. The summed E-state index contributed by atoms with van der Waals surface area (Å²) in [6.07, 6.45) is 1.07. The van der Waals surface area contributed by atoms with Gasteiger partial charge in [-0.3, -0.25) is 0 Å². The Morgan fingerprint density at radius 1 is 1.19 bits per heavy atom. The van der Waals surface area contributed by atoms with Crippen LogP contribution in [0.25, 0.3) is 0 Å². The van der Waals surface area contributed by atoms with Crippen LogP contribution in [-0.4, -0.2) is 55.3 Å². The van der Waals surface area contributed by atoms with Crippen molar-refractivity contribution in [1.82, 2.24) is 4.31 Å². The van der Waals surface area contributed by atoms with Crippen LogP contribution in [0.5, 0.6) is 0 Å². The van der Waals surface area contributed by atoms with E-state index in [4.69, 9.17) is 5.11 Å². The number of sulfonamides is 1. The molecule has 21 heavy (non-hydrogen) atoms. The van der Waals surface area contributed by atoms with Crippen molar-refractivity contribution in [3.63, 3.8) is 0 Å². The number of anilines is 1. The molecular weight excluding hydrogens is 292 g/mol. The Bertz CT molecular complexity index is 539. The Morgan fingerprint density at radius 2 is 1.81 bits per heavy atom. The lowest BCUT2D eigenvalue weighted by atomic mass is 10.2. The number of aliphatic hydroxyl groups excluding tert-OH is 2. The Balaban J connectivity index is 1.92. The molecule has 0 aromatic heterocycles. The molecule has 0 saturated carbocycles. The highest BCUT2D eigenvalue weighted by Crippen LogP contribution is 2.18. The average Bonchev–Trinajstić information content (AvgIpc) is 3.01. The van der Waals surface area contributed by atoms with E-state index in [1.165, 1.54) is 0 Å². The normalized spacial score (nSPS) is 17.8. The highest BCUT2D eigenvalue weighted by molar-refractivity contribution is 7.88. The fraction of sp³-hybridized carbons (Fsp3) is 0.571. The summed E-state index contributed by atoms with van der Waals surface area (Å²) in [5, 5.41) is 20.9. The molecule has 118 valence electrons. The van der Waals surface area contributed by atoms with Crippen LogP contribution in [0.15, 0.2) is 24.3 Å². The van der Waals surface area contributed by atoms with E-state index in [2.05, 4.69) is 5.32 Å². The minimum Gasteiger partial charge on any atom is -0.394 e. The lowest BCUT2D eigenvalue weighted by Gasteiger charge is -2.15. The minimum atomic E-state index is -3.22. The molecule has 1 unspecified atom stereocenters. The van der Waals surface area contributed by atoms with Gasteiger partial charge in [-0.15, -0.1) is 0 Å². The van der Waals surface area contributed by atoms with E-state index in [0.29, 0.717) is 13.1 Å². The van der Waals surface area contributed by atoms with Crippen LogP contribution in [0.1, 0.15) is 18.4 Å². The first kappa shape index (κ1) is 16.2. The number of benzene rings is 1. The van der Waals surface area contributed by atoms with E-state index >= 15 is 0 Å². The molecule has 1 aromatic carbocycles. The SMILES string of the molecule is O=S(=O)(Cc1ccc(NCC(O)CO)cc1)N1CCCC1. The fourth-order valence-corrected chi connectivity index (χ4v) is 3.90. The van der Waals surface area contributed by atoms with Crippen molar-refractivity contribution < 1.29 is 18.6 Å². The Kier molecular flexibility index (Phi) is 5.58. The van der Waals surface area contributed by atoms with E-state index < -0.39 is 16.1 Å². The maximum Gasteiger partial charge on any atom is 0.218 e. The van der Waals surface area contributed by atoms with Gasteiger partial charge in [0.2, 0.25) is 10.0 Å². The van der Waals surface area contributed by atoms with Crippen LogP contribution in [0.2, 0.25) is 0 Å². The summed E-state index contributed by atoms with van der Waals surface area (Å²) in [5.41, 5.74) is 1.53. The largest absolute Gasteiger partial charge is 0.394 e. The predicted octanol–water partition coefficient (Wildman–Crippen LogP) is 0.377. The van der Waals surface area contributed by atoms with Gasteiger partial charge in [-0.2, -0.15) is 0 Å². The summed E-state index contributed by atoms with van der Waals surface area (Å²) in [6, 6.07) is 7.08. The maximum atomic E-state index is 12.2. The molecule has 0 bridgehead atoms. The molecule has 1 aliphatic rings. The summed E-state index contributed by atoms with van der Waals surface area (Å²) in [5.74, 6) is 0.0204. The van der Waals surface area contributed by atoms with Gasteiger partial charge in [-0.05, 0) is 30.5 Å². The summed E-state index contributed by atoms with van der Waals surface area (Å²) in [4.78, 5) is 0. The van der Waals surface area contributed by atoms with Crippen molar-refractivity contribution in [2.24, 2.45) is 0 Å². The highest BCUT2D eigenvalue weighted by Gasteiger charge is 2.25. The zero-order valence-electron chi connectivity index (χ0n) is 11.9. The molecule has 1 fully saturated rings. The molecule has 2 rings (SSSR count). The number of hydrogen-bond acceptors (Lipinski definition) is 5. The monoisotopic (exact) mass is 314 g/mol. The van der Waals surface area contributed by atoms with Gasteiger partial charge < -0.3 is 15.5 Å². The van der Waals surface area contributed by atoms with Crippen molar-refractivity contribution in [3.05, 3.63) is 29.8 Å². The lowest BCUT2D eigenvalue weighted by molar-refractivity contribution is 0.105. The van der Waals surface area contributed by atoms with E-state index in [-0.39, 0.29) is 18.9 Å². The first-order chi connectivity index (χ1) is 10.0. The molecule has 1 heterocycles. The third-order valence-electron chi connectivity index (χ3n) is 3.51. The molecule has 1 aliphatic heterocycles. The highest BCUT2D eigenvalue weighted by atomic mass is 32.2. The smallest absolute Gasteiger partial charge is 0.218 e. The molecular formula is C14H22N2O4S. The quantitative estimate of drug-likeness (QED) is 0.677. The van der Waals surface area contributed by atoms with Crippen molar-refractivity contribution in [3.8, 4) is 0 Å². The zero-order chi connectivity index (χ0) is 15.3. The summed E-state index contributed by atoms with van der Waals surface area (Å²) < 4.78 is 25.9. The molecule has 6 nitrogen and oxygen atoms in total. The van der Waals surface area contributed by atoms with E-state index in [9.17, 15) is 13.5 Å². The third kappa shape index (κ3) is 4.67. The first-order valence-corrected chi connectivity index (χ1v) is 8.72. The van der Waals surface area contributed by atoms with Gasteiger partial charge >= 0.3 is 0 Å². The first-order valence-electron chi connectivity index (χ1n) is 7.11. The van der Waals surface area contributed by atoms with Crippen molar-refractivity contribution in [1.29, 1.82) is 0 Å². The van der Waals surface area contributed by atoms with Gasteiger partial charge in [-0.25, -0.2) is 12.7 Å². The van der Waals surface area contributed by atoms with Crippen LogP contribution in [-0.2, 0) is 15.8 Å². The van der Waals surface area contributed by atoms with Gasteiger partial charge in [0.25, 0.3) is 0 Å². The van der Waals surface area contributed by atoms with Crippen LogP contribution in [0, 0.1) is 0 Å². The van der Waals surface area contributed by atoms with Gasteiger partial charge in [0.15, 0.2) is 0 Å². The topological polar surface area (TPSA) is 89.9 Å². The number of hydrogen-bond donors (Lipinski definition) is 3. The van der Waals surface area contributed by atoms with E-state index in [1.807, 2.05) is 0 Å². The van der Waals surface area contributed by atoms with Crippen LogP contribution < -0.4 is 5.32 Å². The molecule has 1 saturated heterocycles. The van der Waals surface area contributed by atoms with Crippen molar-refractivity contribution >= 4 is 15.7 Å². The second-order valence-corrected chi connectivity index (χ2v) is 7.25. The van der Waals surface area contributed by atoms with Gasteiger partial charge in [-0.1, -0.05) is 12.1 Å². The third-order valence-corrected chi connectivity index (χ3v) is 5.36. The van der Waals surface area contributed by atoms with Crippen LogP contribution in [0.4, 0.5) is 5.69 Å². The van der Waals surface area contributed by atoms with Crippen molar-refractivity contribution in [2.45, 2.75) is 24.7 Å². The lowest BCUT2D eigenvalue weighted by Crippen LogP contribution is -2.29. The number of nitrogens with one attached hydrogen (secondary N) is 1. The van der Waals surface area contributed by atoms with Gasteiger partial charge in [0, 0.05) is 25.3 Å². The summed E-state index contributed by atoms with van der Waals surface area (Å²) in [6.45, 7) is 1.21. The molecule has 0 radical (unpaired) electrons. The number of rotatable bonds is 7. The zero-order valence-corrected chi connectivity index (χ0v) is 12.7. The summed E-state index contributed by atoms with van der Waals surface area (Å²) >= 11 is 0. The molecule has 3 N–H and O–H groups in total. The van der Waals surface area contributed by atoms with E-state index in [0.717, 1.165) is 24.1 Å². The molecule has 1 aromatic rings. The average molecular weight is 314 g/mol. The molecule has 7 heteroatoms. The Hall–Kier alpha value is -1.15. The Labute approximate surface area is 125 Å².